The number of nitrogens with two attached hydrogens (primary N) is 1. The summed E-state index contributed by atoms with van der Waals surface area (Å²) in [5, 5.41) is 3.41. The van der Waals surface area contributed by atoms with Crippen molar-refractivity contribution in [2.24, 2.45) is 0 Å². The SMILES string of the molecule is CCOC(=O)c1cccc(N)c1NCC1(SC)CCCC1. The van der Waals surface area contributed by atoms with Gasteiger partial charge in [-0.05, 0) is 38.2 Å². The number of para-hydroxylation sites is 1. The highest BCUT2D eigenvalue weighted by molar-refractivity contribution is 8.00. The van der Waals surface area contributed by atoms with E-state index in [2.05, 4.69) is 11.6 Å². The fraction of sp³-hybridized carbons (Fsp3) is 0.562. The number of rotatable bonds is 6. The Morgan fingerprint density at radius 3 is 2.76 bits per heavy atom. The molecular weight excluding hydrogens is 284 g/mol. The number of hydrogen-bond donors (Lipinski definition) is 2. The number of carbonyl (C=O) groups excluding carboxylic acids is 1. The van der Waals surface area contributed by atoms with Crippen molar-refractivity contribution in [2.75, 3.05) is 30.5 Å². The zero-order valence-electron chi connectivity index (χ0n) is 12.8. The lowest BCUT2D eigenvalue weighted by Gasteiger charge is -2.28. The molecule has 0 amide bonds. The fourth-order valence-corrected chi connectivity index (χ4v) is 3.78. The molecule has 0 aromatic heterocycles. The molecule has 0 bridgehead atoms. The van der Waals surface area contributed by atoms with Crippen LogP contribution < -0.4 is 11.1 Å². The molecule has 3 N–H and O–H groups in total. The molecule has 0 heterocycles. The smallest absolute Gasteiger partial charge is 0.340 e. The lowest BCUT2D eigenvalue weighted by atomic mass is 10.1. The predicted octanol–water partition coefficient (Wildman–Crippen LogP) is 3.53. The number of hydrogen-bond acceptors (Lipinski definition) is 5. The van der Waals surface area contributed by atoms with Gasteiger partial charge < -0.3 is 15.8 Å². The number of nitrogen functional groups attached to an aromatic ring is 1. The second kappa shape index (κ2) is 7.07. The summed E-state index contributed by atoms with van der Waals surface area (Å²) in [5.74, 6) is -0.322. The summed E-state index contributed by atoms with van der Waals surface area (Å²) in [7, 11) is 0. The molecule has 116 valence electrons. The number of esters is 1. The van der Waals surface area contributed by atoms with Gasteiger partial charge in [0.2, 0.25) is 0 Å². The quantitative estimate of drug-likeness (QED) is 0.621. The van der Waals surface area contributed by atoms with Crippen LogP contribution in [-0.2, 0) is 4.74 Å². The Balaban J connectivity index is 2.17. The maximum absolute atomic E-state index is 12.0. The van der Waals surface area contributed by atoms with Crippen LogP contribution >= 0.6 is 11.8 Å². The Bertz CT molecular complexity index is 499. The monoisotopic (exact) mass is 308 g/mol. The average Bonchev–Trinajstić information content (AvgIpc) is 2.95. The van der Waals surface area contributed by atoms with Crippen LogP contribution in [-0.4, -0.2) is 30.1 Å². The summed E-state index contributed by atoms with van der Waals surface area (Å²) >= 11 is 1.91. The van der Waals surface area contributed by atoms with Gasteiger partial charge in [0.25, 0.3) is 0 Å². The molecular formula is C16H24N2O2S. The van der Waals surface area contributed by atoms with Gasteiger partial charge in [-0.3, -0.25) is 0 Å². The molecule has 0 spiro atoms. The molecule has 2 rings (SSSR count). The Morgan fingerprint density at radius 1 is 1.43 bits per heavy atom. The highest BCUT2D eigenvalue weighted by Crippen LogP contribution is 2.40. The third kappa shape index (κ3) is 3.64. The topological polar surface area (TPSA) is 64.3 Å². The molecule has 1 fully saturated rings. The summed E-state index contributed by atoms with van der Waals surface area (Å²) < 4.78 is 5.37. The first kappa shape index (κ1) is 16.0. The standard InChI is InChI=1S/C16H24N2O2S/c1-3-20-15(19)12-7-6-8-13(17)14(12)18-11-16(21-2)9-4-5-10-16/h6-8,18H,3-5,9-11,17H2,1-2H3. The molecule has 0 saturated heterocycles. The number of benzene rings is 1. The number of ether oxygens (including phenoxy) is 1. The summed E-state index contributed by atoms with van der Waals surface area (Å²) in [6.07, 6.45) is 7.13. The average molecular weight is 308 g/mol. The molecule has 0 radical (unpaired) electrons. The van der Waals surface area contributed by atoms with Gasteiger partial charge in [-0.1, -0.05) is 18.9 Å². The first-order chi connectivity index (χ1) is 10.1. The van der Waals surface area contributed by atoms with Crippen LogP contribution in [0.2, 0.25) is 0 Å². The van der Waals surface area contributed by atoms with Crippen LogP contribution in [0.5, 0.6) is 0 Å². The zero-order chi connectivity index (χ0) is 15.3. The van der Waals surface area contributed by atoms with Crippen LogP contribution in [0, 0.1) is 0 Å². The van der Waals surface area contributed by atoms with E-state index in [1.165, 1.54) is 25.7 Å². The van der Waals surface area contributed by atoms with E-state index in [-0.39, 0.29) is 10.7 Å². The minimum atomic E-state index is -0.322. The van der Waals surface area contributed by atoms with Crippen molar-refractivity contribution in [3.05, 3.63) is 23.8 Å². The molecule has 0 unspecified atom stereocenters. The molecule has 0 atom stereocenters. The lowest BCUT2D eigenvalue weighted by Crippen LogP contribution is -2.30. The molecule has 5 heteroatoms. The van der Waals surface area contributed by atoms with E-state index >= 15 is 0 Å². The molecule has 1 aliphatic rings. The molecule has 1 saturated carbocycles. The zero-order valence-corrected chi connectivity index (χ0v) is 13.6. The van der Waals surface area contributed by atoms with Gasteiger partial charge in [0.1, 0.15) is 0 Å². The first-order valence-corrected chi connectivity index (χ1v) is 8.69. The second-order valence-electron chi connectivity index (χ2n) is 5.44. The van der Waals surface area contributed by atoms with Gasteiger partial charge in [-0.15, -0.1) is 0 Å². The van der Waals surface area contributed by atoms with E-state index in [1.807, 2.05) is 17.8 Å². The van der Waals surface area contributed by atoms with E-state index in [1.54, 1.807) is 19.1 Å². The largest absolute Gasteiger partial charge is 0.462 e. The van der Waals surface area contributed by atoms with E-state index in [0.29, 0.717) is 23.5 Å². The van der Waals surface area contributed by atoms with Crippen molar-refractivity contribution >= 4 is 29.1 Å². The van der Waals surface area contributed by atoms with Gasteiger partial charge in [-0.25, -0.2) is 4.79 Å². The van der Waals surface area contributed by atoms with Crippen molar-refractivity contribution in [2.45, 2.75) is 37.4 Å². The second-order valence-corrected chi connectivity index (χ2v) is 6.71. The van der Waals surface area contributed by atoms with Crippen LogP contribution in [0.1, 0.15) is 43.0 Å². The van der Waals surface area contributed by atoms with Gasteiger partial charge in [0, 0.05) is 11.3 Å². The van der Waals surface area contributed by atoms with Crippen LogP contribution in [0.4, 0.5) is 11.4 Å². The predicted molar refractivity (Wildman–Crippen MR) is 90.0 cm³/mol. The van der Waals surface area contributed by atoms with Crippen LogP contribution in [0.15, 0.2) is 18.2 Å². The lowest BCUT2D eigenvalue weighted by molar-refractivity contribution is 0.0527. The van der Waals surface area contributed by atoms with E-state index in [4.69, 9.17) is 10.5 Å². The van der Waals surface area contributed by atoms with Gasteiger partial charge >= 0.3 is 5.97 Å². The Hall–Kier alpha value is -1.36. The van der Waals surface area contributed by atoms with Gasteiger partial charge in [0.15, 0.2) is 0 Å². The van der Waals surface area contributed by atoms with Gasteiger partial charge in [0.05, 0.1) is 23.5 Å². The Morgan fingerprint density at radius 2 is 2.14 bits per heavy atom. The summed E-state index contributed by atoms with van der Waals surface area (Å²) in [6, 6.07) is 5.36. The van der Waals surface area contributed by atoms with Crippen LogP contribution in [0.25, 0.3) is 0 Å². The maximum atomic E-state index is 12.0. The first-order valence-electron chi connectivity index (χ1n) is 7.46. The number of thioether (sulfide) groups is 1. The minimum Gasteiger partial charge on any atom is -0.462 e. The molecule has 21 heavy (non-hydrogen) atoms. The molecule has 1 aromatic carbocycles. The van der Waals surface area contributed by atoms with Crippen molar-refractivity contribution in [3.63, 3.8) is 0 Å². The number of nitrogens with one attached hydrogen (secondary N) is 1. The highest BCUT2D eigenvalue weighted by atomic mass is 32.2. The van der Waals surface area contributed by atoms with Crippen molar-refractivity contribution < 1.29 is 9.53 Å². The normalized spacial score (nSPS) is 16.7. The molecule has 0 aliphatic heterocycles. The maximum Gasteiger partial charge on any atom is 0.340 e. The number of carbonyl (C=O) groups is 1. The van der Waals surface area contributed by atoms with E-state index < -0.39 is 0 Å². The number of anilines is 2. The third-order valence-electron chi connectivity index (χ3n) is 4.13. The van der Waals surface area contributed by atoms with Crippen molar-refractivity contribution in [3.8, 4) is 0 Å². The summed E-state index contributed by atoms with van der Waals surface area (Å²) in [6.45, 7) is 3.00. The van der Waals surface area contributed by atoms with Crippen LogP contribution in [0.3, 0.4) is 0 Å². The molecule has 4 nitrogen and oxygen atoms in total. The van der Waals surface area contributed by atoms with Crippen molar-refractivity contribution in [1.29, 1.82) is 0 Å². The summed E-state index contributed by atoms with van der Waals surface area (Å²) in [4.78, 5) is 12.0. The minimum absolute atomic E-state index is 0.258. The third-order valence-corrected chi connectivity index (χ3v) is 5.55. The molecule has 1 aliphatic carbocycles. The fourth-order valence-electron chi connectivity index (χ4n) is 2.87. The van der Waals surface area contributed by atoms with Gasteiger partial charge in [-0.2, -0.15) is 11.8 Å². The van der Waals surface area contributed by atoms with E-state index in [9.17, 15) is 4.79 Å². The summed E-state index contributed by atoms with van der Waals surface area (Å²) in [5.41, 5.74) is 7.86. The van der Waals surface area contributed by atoms with Crippen molar-refractivity contribution in [1.82, 2.24) is 0 Å². The van der Waals surface area contributed by atoms with E-state index in [0.717, 1.165) is 6.54 Å². The Labute approximate surface area is 130 Å². The molecule has 1 aromatic rings. The highest BCUT2D eigenvalue weighted by Gasteiger charge is 2.33. The Kier molecular flexibility index (Phi) is 5.39.